The Labute approximate surface area is 162 Å². The molecule has 1 amide bonds. The Morgan fingerprint density at radius 1 is 1.22 bits per heavy atom. The lowest BCUT2D eigenvalue weighted by Crippen LogP contribution is -2.30. The first-order valence-corrected chi connectivity index (χ1v) is 11.3. The molecule has 0 aliphatic carbocycles. The number of nitrogens with one attached hydrogen (secondary N) is 1. The summed E-state index contributed by atoms with van der Waals surface area (Å²) in [6, 6.07) is 5.84. The Morgan fingerprint density at radius 2 is 1.93 bits per heavy atom. The molecular formula is C20H31NO5S. The molecule has 0 radical (unpaired) electrons. The third-order valence-corrected chi connectivity index (χ3v) is 7.10. The van der Waals surface area contributed by atoms with Crippen LogP contribution in [-0.2, 0) is 14.6 Å². The summed E-state index contributed by atoms with van der Waals surface area (Å²) in [4.78, 5) is 12.2. The van der Waals surface area contributed by atoms with Gasteiger partial charge in [-0.15, -0.1) is 0 Å². The highest BCUT2D eigenvalue weighted by Gasteiger charge is 2.28. The predicted molar refractivity (Wildman–Crippen MR) is 106 cm³/mol. The van der Waals surface area contributed by atoms with Crippen molar-refractivity contribution in [2.75, 3.05) is 32.3 Å². The summed E-state index contributed by atoms with van der Waals surface area (Å²) in [5.74, 6) is 2.42. The second-order valence-corrected chi connectivity index (χ2v) is 9.81. The molecule has 6 nitrogen and oxygen atoms in total. The van der Waals surface area contributed by atoms with Gasteiger partial charge in [-0.1, -0.05) is 19.9 Å². The zero-order valence-corrected chi connectivity index (χ0v) is 17.5. The van der Waals surface area contributed by atoms with Crippen LogP contribution in [0.4, 0.5) is 0 Å². The first-order chi connectivity index (χ1) is 12.8. The molecule has 1 N–H and O–H groups in total. The van der Waals surface area contributed by atoms with Gasteiger partial charge in [-0.25, -0.2) is 8.42 Å². The van der Waals surface area contributed by atoms with Crippen LogP contribution in [0.3, 0.4) is 0 Å². The van der Waals surface area contributed by atoms with Gasteiger partial charge in [0.25, 0.3) is 0 Å². The van der Waals surface area contributed by atoms with E-state index in [9.17, 15) is 13.2 Å². The Balaban J connectivity index is 1.91. The van der Waals surface area contributed by atoms with Crippen molar-refractivity contribution in [2.24, 2.45) is 11.8 Å². The zero-order chi connectivity index (χ0) is 20.0. The molecule has 2 atom stereocenters. The molecule has 2 rings (SSSR count). The minimum Gasteiger partial charge on any atom is -0.493 e. The number of hydrogen-bond acceptors (Lipinski definition) is 5. The lowest BCUT2D eigenvalue weighted by molar-refractivity contribution is -0.121. The van der Waals surface area contributed by atoms with Gasteiger partial charge in [-0.2, -0.15) is 0 Å². The highest BCUT2D eigenvalue weighted by Crippen LogP contribution is 2.33. The molecule has 1 aromatic rings. The van der Waals surface area contributed by atoms with Crippen molar-refractivity contribution >= 4 is 15.7 Å². The number of carbonyl (C=O) groups is 1. The maximum absolute atomic E-state index is 12.2. The first kappa shape index (κ1) is 21.5. The second kappa shape index (κ2) is 9.44. The summed E-state index contributed by atoms with van der Waals surface area (Å²) in [7, 11) is 0.330. The zero-order valence-electron chi connectivity index (χ0n) is 16.7. The summed E-state index contributed by atoms with van der Waals surface area (Å²) in [5.41, 5.74) is 1.09. The minimum atomic E-state index is -2.88. The molecule has 27 heavy (non-hydrogen) atoms. The van der Waals surface area contributed by atoms with E-state index >= 15 is 0 Å². The fraction of sp³-hybridized carbons (Fsp3) is 0.650. The molecule has 0 saturated carbocycles. The normalized spacial score (nSPS) is 19.7. The number of rotatable bonds is 9. The SMILES string of the molecule is COc1ccc(C(CNC(=O)CCC2CCS(=O)(=O)C2)C(C)C)cc1OC. The molecular weight excluding hydrogens is 366 g/mol. The molecule has 0 aromatic heterocycles. The van der Waals surface area contributed by atoms with Crippen molar-refractivity contribution in [3.8, 4) is 11.5 Å². The molecule has 1 fully saturated rings. The van der Waals surface area contributed by atoms with Crippen LogP contribution in [-0.4, -0.2) is 46.6 Å². The van der Waals surface area contributed by atoms with E-state index in [2.05, 4.69) is 19.2 Å². The Kier molecular flexibility index (Phi) is 7.53. The molecule has 1 heterocycles. The van der Waals surface area contributed by atoms with E-state index in [0.29, 0.717) is 43.2 Å². The van der Waals surface area contributed by atoms with Gasteiger partial charge in [0, 0.05) is 18.9 Å². The fourth-order valence-corrected chi connectivity index (χ4v) is 5.48. The Morgan fingerprint density at radius 3 is 2.48 bits per heavy atom. The fourth-order valence-electron chi connectivity index (χ4n) is 3.57. The number of ether oxygens (including phenoxy) is 2. The number of methoxy groups -OCH3 is 2. The smallest absolute Gasteiger partial charge is 0.220 e. The first-order valence-electron chi connectivity index (χ1n) is 9.44. The highest BCUT2D eigenvalue weighted by molar-refractivity contribution is 7.91. The number of benzene rings is 1. The van der Waals surface area contributed by atoms with Crippen LogP contribution < -0.4 is 14.8 Å². The van der Waals surface area contributed by atoms with Gasteiger partial charge < -0.3 is 14.8 Å². The molecule has 2 unspecified atom stereocenters. The Hall–Kier alpha value is -1.76. The largest absolute Gasteiger partial charge is 0.493 e. The highest BCUT2D eigenvalue weighted by atomic mass is 32.2. The average molecular weight is 398 g/mol. The molecule has 0 spiro atoms. The lowest BCUT2D eigenvalue weighted by Gasteiger charge is -2.23. The quantitative estimate of drug-likeness (QED) is 0.693. The van der Waals surface area contributed by atoms with Crippen LogP contribution >= 0.6 is 0 Å². The molecule has 0 bridgehead atoms. The number of carbonyl (C=O) groups excluding carboxylic acids is 1. The molecule has 1 aliphatic heterocycles. The van der Waals surface area contributed by atoms with Gasteiger partial charge >= 0.3 is 0 Å². The van der Waals surface area contributed by atoms with Crippen LogP contribution in [0.25, 0.3) is 0 Å². The molecule has 152 valence electrons. The van der Waals surface area contributed by atoms with Crippen LogP contribution in [0.2, 0.25) is 0 Å². The molecule has 1 aliphatic rings. The van der Waals surface area contributed by atoms with E-state index in [1.54, 1.807) is 14.2 Å². The van der Waals surface area contributed by atoms with Crippen molar-refractivity contribution in [3.05, 3.63) is 23.8 Å². The number of amides is 1. The van der Waals surface area contributed by atoms with Crippen LogP contribution in [0, 0.1) is 11.8 Å². The average Bonchev–Trinajstić information content (AvgIpc) is 2.98. The Bertz CT molecular complexity index is 745. The summed E-state index contributed by atoms with van der Waals surface area (Å²) in [6.07, 6.45) is 1.68. The number of hydrogen-bond donors (Lipinski definition) is 1. The summed E-state index contributed by atoms with van der Waals surface area (Å²) in [6.45, 7) is 4.78. The third kappa shape index (κ3) is 6.13. The second-order valence-electron chi connectivity index (χ2n) is 7.58. The van der Waals surface area contributed by atoms with Crippen LogP contribution in [0.5, 0.6) is 11.5 Å². The van der Waals surface area contributed by atoms with Crippen molar-refractivity contribution in [1.29, 1.82) is 0 Å². The van der Waals surface area contributed by atoms with Gasteiger partial charge in [-0.05, 0) is 42.4 Å². The van der Waals surface area contributed by atoms with Gasteiger partial charge in [0.2, 0.25) is 5.91 Å². The van der Waals surface area contributed by atoms with E-state index < -0.39 is 9.84 Å². The lowest BCUT2D eigenvalue weighted by atomic mass is 9.88. The van der Waals surface area contributed by atoms with E-state index in [1.165, 1.54) is 0 Å². The standard InChI is InChI=1S/C20H31NO5S/c1-14(2)17(16-6-7-18(25-3)19(11-16)26-4)12-21-20(22)8-5-15-9-10-27(23,24)13-15/h6-7,11,14-15,17H,5,8-10,12-13H2,1-4H3,(H,21,22). The minimum absolute atomic E-state index is 0.0228. The molecule has 1 saturated heterocycles. The van der Waals surface area contributed by atoms with Gasteiger partial charge in [0.15, 0.2) is 21.3 Å². The van der Waals surface area contributed by atoms with Gasteiger partial charge in [-0.3, -0.25) is 4.79 Å². The van der Waals surface area contributed by atoms with Crippen molar-refractivity contribution in [1.82, 2.24) is 5.32 Å². The van der Waals surface area contributed by atoms with Crippen LogP contribution in [0.15, 0.2) is 18.2 Å². The molecule has 1 aromatic carbocycles. The maximum Gasteiger partial charge on any atom is 0.220 e. The van der Waals surface area contributed by atoms with Gasteiger partial charge in [0.1, 0.15) is 0 Å². The monoisotopic (exact) mass is 397 g/mol. The third-order valence-electron chi connectivity index (χ3n) is 5.27. The number of sulfone groups is 1. The van der Waals surface area contributed by atoms with Crippen LogP contribution in [0.1, 0.15) is 44.6 Å². The predicted octanol–water partition coefficient (Wildman–Crippen LogP) is 2.77. The van der Waals surface area contributed by atoms with Crippen molar-refractivity contribution in [2.45, 2.75) is 39.0 Å². The van der Waals surface area contributed by atoms with E-state index in [4.69, 9.17) is 9.47 Å². The summed E-state index contributed by atoms with van der Waals surface area (Å²) >= 11 is 0. The van der Waals surface area contributed by atoms with Crippen molar-refractivity contribution < 1.29 is 22.7 Å². The van der Waals surface area contributed by atoms with Gasteiger partial charge in [0.05, 0.1) is 25.7 Å². The van der Waals surface area contributed by atoms with E-state index in [-0.39, 0.29) is 29.2 Å². The van der Waals surface area contributed by atoms with E-state index in [0.717, 1.165) is 5.56 Å². The van der Waals surface area contributed by atoms with E-state index in [1.807, 2.05) is 18.2 Å². The van der Waals surface area contributed by atoms with Crippen molar-refractivity contribution in [3.63, 3.8) is 0 Å². The molecule has 7 heteroatoms. The summed E-state index contributed by atoms with van der Waals surface area (Å²) in [5, 5.41) is 3.01. The summed E-state index contributed by atoms with van der Waals surface area (Å²) < 4.78 is 33.7. The topological polar surface area (TPSA) is 81.7 Å². The maximum atomic E-state index is 12.2.